The minimum atomic E-state index is -0.484. The smallest absolute Gasteiger partial charge is 0.251 e. The highest BCUT2D eigenvalue weighted by molar-refractivity contribution is 5.94. The number of hydrogen-bond acceptors (Lipinski definition) is 4. The van der Waals surface area contributed by atoms with Crippen LogP contribution in [0.2, 0.25) is 0 Å². The first-order valence-electron chi connectivity index (χ1n) is 6.96. The van der Waals surface area contributed by atoms with E-state index in [-0.39, 0.29) is 29.6 Å². The topological polar surface area (TPSA) is 59.6 Å². The molecule has 22 heavy (non-hydrogen) atoms. The zero-order valence-electron chi connectivity index (χ0n) is 12.8. The molecule has 7 heteroatoms. The summed E-state index contributed by atoms with van der Waals surface area (Å²) in [5.74, 6) is -0.673. The van der Waals surface area contributed by atoms with Crippen molar-refractivity contribution >= 4 is 18.3 Å². The maximum absolute atomic E-state index is 13.3. The summed E-state index contributed by atoms with van der Waals surface area (Å²) >= 11 is 0. The van der Waals surface area contributed by atoms with E-state index in [2.05, 4.69) is 10.6 Å². The highest BCUT2D eigenvalue weighted by Crippen LogP contribution is 2.20. The van der Waals surface area contributed by atoms with Gasteiger partial charge in [-0.25, -0.2) is 4.39 Å². The second-order valence-electron chi connectivity index (χ2n) is 5.28. The van der Waals surface area contributed by atoms with Crippen LogP contribution in [0, 0.1) is 5.82 Å². The fourth-order valence-corrected chi connectivity index (χ4v) is 2.62. The molecule has 1 aromatic carbocycles. The fraction of sp³-hybridized carbons (Fsp3) is 0.533. The van der Waals surface area contributed by atoms with Crippen LogP contribution in [0.25, 0.3) is 0 Å². The van der Waals surface area contributed by atoms with E-state index in [9.17, 15) is 9.18 Å². The number of hydrogen-bond donors (Lipinski definition) is 2. The van der Waals surface area contributed by atoms with Crippen molar-refractivity contribution in [3.8, 4) is 5.75 Å². The Morgan fingerprint density at radius 1 is 1.45 bits per heavy atom. The third-order valence-corrected chi connectivity index (χ3v) is 3.75. The summed E-state index contributed by atoms with van der Waals surface area (Å²) in [4.78, 5) is 12.2. The second kappa shape index (κ2) is 8.31. The molecule has 0 aromatic heterocycles. The average Bonchev–Trinajstić information content (AvgIpc) is 2.95. The summed E-state index contributed by atoms with van der Waals surface area (Å²) in [6.45, 7) is 1.93. The van der Waals surface area contributed by atoms with Crippen LogP contribution in [0.15, 0.2) is 18.2 Å². The van der Waals surface area contributed by atoms with Gasteiger partial charge in [0.25, 0.3) is 5.91 Å². The number of carbonyl (C=O) groups excluding carboxylic acids is 1. The van der Waals surface area contributed by atoms with Gasteiger partial charge in [0, 0.05) is 19.2 Å². The van der Waals surface area contributed by atoms with Gasteiger partial charge >= 0.3 is 0 Å². The van der Waals surface area contributed by atoms with Crippen LogP contribution in [-0.2, 0) is 4.74 Å². The minimum absolute atomic E-state index is 0. The molecule has 0 saturated carbocycles. The van der Waals surface area contributed by atoms with E-state index in [1.165, 1.54) is 25.3 Å². The number of halogens is 2. The van der Waals surface area contributed by atoms with Crippen molar-refractivity contribution < 1.29 is 18.7 Å². The first kappa shape index (κ1) is 18.7. The fourth-order valence-electron chi connectivity index (χ4n) is 2.62. The van der Waals surface area contributed by atoms with Gasteiger partial charge in [-0.05, 0) is 37.6 Å². The molecule has 124 valence electrons. The molecular weight excluding hydrogens is 311 g/mol. The first-order valence-corrected chi connectivity index (χ1v) is 6.96. The maximum atomic E-state index is 13.3. The number of benzene rings is 1. The number of ether oxygens (including phenoxy) is 2. The lowest BCUT2D eigenvalue weighted by Gasteiger charge is -2.29. The largest absolute Gasteiger partial charge is 0.494 e. The third-order valence-electron chi connectivity index (χ3n) is 3.75. The Hall–Kier alpha value is -1.37. The van der Waals surface area contributed by atoms with Crippen LogP contribution >= 0.6 is 12.4 Å². The SMILES string of the molecule is COCC1(CNC(=O)c2ccc(F)c(OC)c2)CCCN1.Cl. The van der Waals surface area contributed by atoms with Crippen LogP contribution < -0.4 is 15.4 Å². The van der Waals surface area contributed by atoms with Gasteiger partial charge in [0.2, 0.25) is 0 Å². The van der Waals surface area contributed by atoms with E-state index in [1.807, 2.05) is 0 Å². The molecule has 1 saturated heterocycles. The molecule has 2 N–H and O–H groups in total. The van der Waals surface area contributed by atoms with Crippen LogP contribution in [0.4, 0.5) is 4.39 Å². The number of nitrogens with one attached hydrogen (secondary N) is 2. The van der Waals surface area contributed by atoms with Crippen LogP contribution in [0.1, 0.15) is 23.2 Å². The van der Waals surface area contributed by atoms with Gasteiger partial charge in [-0.3, -0.25) is 4.79 Å². The summed E-state index contributed by atoms with van der Waals surface area (Å²) in [5.41, 5.74) is 0.160. The quantitative estimate of drug-likeness (QED) is 0.833. The summed E-state index contributed by atoms with van der Waals surface area (Å²) in [6, 6.07) is 4.07. The van der Waals surface area contributed by atoms with Crippen molar-refractivity contribution in [1.82, 2.24) is 10.6 Å². The Morgan fingerprint density at radius 2 is 2.23 bits per heavy atom. The van der Waals surface area contributed by atoms with Crippen molar-refractivity contribution in [3.05, 3.63) is 29.6 Å². The molecule has 1 aliphatic heterocycles. The minimum Gasteiger partial charge on any atom is -0.494 e. The lowest BCUT2D eigenvalue weighted by molar-refractivity contribution is 0.0892. The zero-order chi connectivity index (χ0) is 15.3. The van der Waals surface area contributed by atoms with E-state index in [1.54, 1.807) is 7.11 Å². The summed E-state index contributed by atoms with van der Waals surface area (Å²) in [6.07, 6.45) is 2.01. The number of carbonyl (C=O) groups is 1. The van der Waals surface area contributed by atoms with Gasteiger partial charge in [-0.1, -0.05) is 0 Å². The molecule has 1 aromatic rings. The summed E-state index contributed by atoms with van der Waals surface area (Å²) < 4.78 is 23.5. The van der Waals surface area contributed by atoms with E-state index >= 15 is 0 Å². The first-order chi connectivity index (χ1) is 10.1. The van der Waals surface area contributed by atoms with Crippen molar-refractivity contribution in [2.75, 3.05) is 33.9 Å². The molecule has 1 aliphatic rings. The number of methoxy groups -OCH3 is 2. The molecule has 5 nitrogen and oxygen atoms in total. The number of amides is 1. The van der Waals surface area contributed by atoms with Gasteiger partial charge in [0.05, 0.1) is 19.3 Å². The van der Waals surface area contributed by atoms with Gasteiger partial charge in [0.1, 0.15) is 0 Å². The van der Waals surface area contributed by atoms with E-state index in [0.29, 0.717) is 18.7 Å². The van der Waals surface area contributed by atoms with E-state index in [0.717, 1.165) is 19.4 Å². The molecule has 0 aliphatic carbocycles. The molecule has 0 spiro atoms. The zero-order valence-corrected chi connectivity index (χ0v) is 13.6. The Kier molecular flexibility index (Phi) is 7.06. The van der Waals surface area contributed by atoms with Gasteiger partial charge in [-0.2, -0.15) is 0 Å². The molecule has 1 unspecified atom stereocenters. The second-order valence-corrected chi connectivity index (χ2v) is 5.28. The summed E-state index contributed by atoms with van der Waals surface area (Å²) in [5, 5.41) is 6.26. The third kappa shape index (κ3) is 4.32. The molecule has 0 radical (unpaired) electrons. The molecule has 1 fully saturated rings. The summed E-state index contributed by atoms with van der Waals surface area (Å²) in [7, 11) is 3.02. The Bertz CT molecular complexity index is 508. The van der Waals surface area contributed by atoms with E-state index in [4.69, 9.17) is 9.47 Å². The lowest BCUT2D eigenvalue weighted by atomic mass is 9.98. The monoisotopic (exact) mass is 332 g/mol. The highest BCUT2D eigenvalue weighted by atomic mass is 35.5. The van der Waals surface area contributed by atoms with Crippen molar-refractivity contribution in [2.45, 2.75) is 18.4 Å². The van der Waals surface area contributed by atoms with Gasteiger partial charge < -0.3 is 20.1 Å². The highest BCUT2D eigenvalue weighted by Gasteiger charge is 2.33. The molecule has 1 atom stereocenters. The predicted molar refractivity (Wildman–Crippen MR) is 84.4 cm³/mol. The molecular formula is C15H22ClFN2O3. The molecule has 1 heterocycles. The molecule has 2 rings (SSSR count). The van der Waals surface area contributed by atoms with Crippen molar-refractivity contribution in [2.24, 2.45) is 0 Å². The maximum Gasteiger partial charge on any atom is 0.251 e. The molecule has 1 amide bonds. The Balaban J connectivity index is 0.00000242. The standard InChI is InChI=1S/C15H21FN2O3.ClH/c1-20-10-15(6-3-7-18-15)9-17-14(19)11-4-5-12(16)13(8-11)21-2;/h4-5,8,18H,3,6-7,9-10H2,1-2H3,(H,17,19);1H. The van der Waals surface area contributed by atoms with Gasteiger partial charge in [0.15, 0.2) is 11.6 Å². The van der Waals surface area contributed by atoms with Crippen molar-refractivity contribution in [3.63, 3.8) is 0 Å². The lowest BCUT2D eigenvalue weighted by Crippen LogP contribution is -2.53. The Morgan fingerprint density at radius 3 is 2.82 bits per heavy atom. The Labute approximate surface area is 136 Å². The predicted octanol–water partition coefficient (Wildman–Crippen LogP) is 1.75. The van der Waals surface area contributed by atoms with Crippen molar-refractivity contribution in [1.29, 1.82) is 0 Å². The van der Waals surface area contributed by atoms with Gasteiger partial charge in [-0.15, -0.1) is 12.4 Å². The van der Waals surface area contributed by atoms with Crippen LogP contribution in [0.3, 0.4) is 0 Å². The van der Waals surface area contributed by atoms with Crippen LogP contribution in [0.5, 0.6) is 5.75 Å². The normalized spacial score (nSPS) is 20.3. The van der Waals surface area contributed by atoms with E-state index < -0.39 is 5.82 Å². The average molecular weight is 333 g/mol. The number of rotatable bonds is 6. The molecule has 0 bridgehead atoms. The van der Waals surface area contributed by atoms with Crippen LogP contribution in [-0.4, -0.2) is 45.4 Å².